The van der Waals surface area contributed by atoms with Crippen LogP contribution in [0.1, 0.15) is 26.2 Å². The lowest BCUT2D eigenvalue weighted by molar-refractivity contribution is -0.139. The number of carbonyl (C=O) groups is 1. The van der Waals surface area contributed by atoms with Crippen LogP contribution in [0.5, 0.6) is 0 Å². The number of allylic oxidation sites excluding steroid dienone is 6. The molecule has 2 aliphatic carbocycles. The molecule has 0 saturated carbocycles. The van der Waals surface area contributed by atoms with Crippen molar-refractivity contribution in [2.24, 2.45) is 0 Å². The number of carbonyl (C=O) groups excluding carboxylic acids is 1. The topological polar surface area (TPSA) is 26.3 Å². The van der Waals surface area contributed by atoms with E-state index in [1.54, 1.807) is 0 Å². The van der Waals surface area contributed by atoms with Crippen molar-refractivity contribution in [1.29, 1.82) is 0 Å². The molecule has 0 saturated heterocycles. The van der Waals surface area contributed by atoms with Crippen LogP contribution in [-0.2, 0) is 9.53 Å². The molecule has 0 aromatic carbocycles. The minimum Gasteiger partial charge on any atom is -0.426 e. The highest BCUT2D eigenvalue weighted by atomic mass is 16.5. The van der Waals surface area contributed by atoms with Crippen molar-refractivity contribution >= 4 is 5.97 Å². The van der Waals surface area contributed by atoms with Crippen molar-refractivity contribution in [3.8, 4) is 0 Å². The normalized spacial score (nSPS) is 17.0. The van der Waals surface area contributed by atoms with Gasteiger partial charge in [-0.25, -0.2) is 0 Å². The maximum Gasteiger partial charge on any atom is 0.311 e. The summed E-state index contributed by atoms with van der Waals surface area (Å²) >= 11 is 0. The van der Waals surface area contributed by atoms with Gasteiger partial charge >= 0.3 is 5.97 Å². The van der Waals surface area contributed by atoms with Crippen LogP contribution in [0.3, 0.4) is 0 Å². The molecule has 2 rings (SSSR count). The molecule has 0 bridgehead atoms. The van der Waals surface area contributed by atoms with Crippen molar-refractivity contribution in [2.75, 3.05) is 0 Å². The monoisotopic (exact) mass is 202 g/mol. The van der Waals surface area contributed by atoms with Gasteiger partial charge in [-0.3, -0.25) is 4.79 Å². The van der Waals surface area contributed by atoms with Crippen molar-refractivity contribution in [1.82, 2.24) is 0 Å². The summed E-state index contributed by atoms with van der Waals surface area (Å²) in [6, 6.07) is 0. The van der Waals surface area contributed by atoms with Gasteiger partial charge in [-0.2, -0.15) is 0 Å². The molecule has 2 heteroatoms. The summed E-state index contributed by atoms with van der Waals surface area (Å²) in [7, 11) is 0. The van der Waals surface area contributed by atoms with E-state index in [-0.39, 0.29) is 5.97 Å². The molecule has 15 heavy (non-hydrogen) atoms. The maximum atomic E-state index is 11.4. The zero-order valence-electron chi connectivity index (χ0n) is 8.82. The van der Waals surface area contributed by atoms with Gasteiger partial charge in [0.05, 0.1) is 0 Å². The van der Waals surface area contributed by atoms with E-state index in [4.69, 9.17) is 4.74 Å². The van der Waals surface area contributed by atoms with Gasteiger partial charge < -0.3 is 4.74 Å². The third kappa shape index (κ3) is 2.09. The van der Waals surface area contributed by atoms with E-state index in [2.05, 4.69) is 6.92 Å². The average molecular weight is 202 g/mol. The Morgan fingerprint density at radius 3 is 3.00 bits per heavy atom. The Balaban J connectivity index is 1.90. The number of hydrogen-bond donors (Lipinski definition) is 0. The molecule has 2 nitrogen and oxygen atoms in total. The van der Waals surface area contributed by atoms with Crippen molar-refractivity contribution in [3.05, 3.63) is 47.3 Å². The fourth-order valence-electron chi connectivity index (χ4n) is 1.64. The number of rotatable bonds is 4. The standard InChI is InChI=1S/C13H14O2/c1-2-3-7-13(14)15-12-9-8-10-5-4-6-11(10)12/h4-6,8-9H,2-3,7H2,1H3. The van der Waals surface area contributed by atoms with Crippen LogP contribution in [-0.4, -0.2) is 5.97 Å². The number of ether oxygens (including phenoxy) is 1. The van der Waals surface area contributed by atoms with Gasteiger partial charge in [-0.15, -0.1) is 0 Å². The first kappa shape index (κ1) is 9.97. The Bertz CT molecular complexity index is 395. The van der Waals surface area contributed by atoms with Crippen LogP contribution in [0.2, 0.25) is 0 Å². The second-order valence-corrected chi connectivity index (χ2v) is 3.67. The lowest BCUT2D eigenvalue weighted by Crippen LogP contribution is -2.04. The number of hydrogen-bond acceptors (Lipinski definition) is 2. The van der Waals surface area contributed by atoms with E-state index < -0.39 is 0 Å². The molecule has 0 unspecified atom stereocenters. The molecule has 78 valence electrons. The summed E-state index contributed by atoms with van der Waals surface area (Å²) in [5.74, 6) is 0.557. The fraction of sp³-hybridized carbons (Fsp3) is 0.308. The first-order valence-corrected chi connectivity index (χ1v) is 5.33. The van der Waals surface area contributed by atoms with Gasteiger partial charge in [0.1, 0.15) is 5.76 Å². The minimum absolute atomic E-state index is 0.134. The quantitative estimate of drug-likeness (QED) is 0.655. The van der Waals surface area contributed by atoms with Crippen molar-refractivity contribution < 1.29 is 9.53 Å². The van der Waals surface area contributed by atoms with Crippen LogP contribution in [0.4, 0.5) is 0 Å². The number of fused-ring (bicyclic) bond motifs is 1. The van der Waals surface area contributed by atoms with Crippen molar-refractivity contribution in [3.63, 3.8) is 0 Å². The number of esters is 1. The summed E-state index contributed by atoms with van der Waals surface area (Å²) in [6.07, 6.45) is 12.2. The molecule has 0 amide bonds. The van der Waals surface area contributed by atoms with Gasteiger partial charge in [-0.1, -0.05) is 37.6 Å². The highest BCUT2D eigenvalue weighted by Crippen LogP contribution is 2.31. The second-order valence-electron chi connectivity index (χ2n) is 3.67. The smallest absolute Gasteiger partial charge is 0.311 e. The van der Waals surface area contributed by atoms with Gasteiger partial charge in [0.15, 0.2) is 0 Å². The zero-order valence-corrected chi connectivity index (χ0v) is 8.82. The summed E-state index contributed by atoms with van der Waals surface area (Å²) < 4.78 is 5.29. The van der Waals surface area contributed by atoms with Gasteiger partial charge in [-0.05, 0) is 18.1 Å². The number of unbranched alkanes of at least 4 members (excludes halogenated alkanes) is 1. The van der Waals surface area contributed by atoms with E-state index in [1.165, 1.54) is 0 Å². The first-order valence-electron chi connectivity index (χ1n) is 5.33. The SMILES string of the molecule is CCCCC(=O)OC1=CC=C2C=CC=C21. The van der Waals surface area contributed by atoms with Gasteiger partial charge in [0.2, 0.25) is 0 Å². The van der Waals surface area contributed by atoms with Crippen LogP contribution in [0.25, 0.3) is 0 Å². The third-order valence-corrected chi connectivity index (χ3v) is 2.49. The Morgan fingerprint density at radius 2 is 2.20 bits per heavy atom. The highest BCUT2D eigenvalue weighted by molar-refractivity contribution is 5.74. The maximum absolute atomic E-state index is 11.4. The molecular formula is C13H14O2. The predicted molar refractivity (Wildman–Crippen MR) is 59.0 cm³/mol. The van der Waals surface area contributed by atoms with Crippen LogP contribution >= 0.6 is 0 Å². The molecule has 0 heterocycles. The minimum atomic E-state index is -0.134. The molecule has 0 aliphatic heterocycles. The Hall–Kier alpha value is -1.57. The average Bonchev–Trinajstić information content (AvgIpc) is 2.80. The molecular weight excluding hydrogens is 188 g/mol. The molecule has 0 spiro atoms. The second kappa shape index (κ2) is 4.30. The van der Waals surface area contributed by atoms with Crippen LogP contribution in [0.15, 0.2) is 47.3 Å². The van der Waals surface area contributed by atoms with Crippen LogP contribution < -0.4 is 0 Å². The van der Waals surface area contributed by atoms with E-state index in [0.29, 0.717) is 12.2 Å². The summed E-state index contributed by atoms with van der Waals surface area (Å²) in [6.45, 7) is 2.06. The van der Waals surface area contributed by atoms with Gasteiger partial charge in [0.25, 0.3) is 0 Å². The lowest BCUT2D eigenvalue weighted by Gasteiger charge is -2.06. The largest absolute Gasteiger partial charge is 0.426 e. The van der Waals surface area contributed by atoms with E-state index >= 15 is 0 Å². The Kier molecular flexibility index (Phi) is 2.86. The van der Waals surface area contributed by atoms with Crippen molar-refractivity contribution in [2.45, 2.75) is 26.2 Å². The fourth-order valence-corrected chi connectivity index (χ4v) is 1.64. The van der Waals surface area contributed by atoms with E-state index in [0.717, 1.165) is 24.0 Å². The van der Waals surface area contributed by atoms with Gasteiger partial charge in [0, 0.05) is 12.0 Å². The van der Waals surface area contributed by atoms with E-state index in [9.17, 15) is 4.79 Å². The molecule has 0 fully saturated rings. The third-order valence-electron chi connectivity index (χ3n) is 2.49. The zero-order chi connectivity index (χ0) is 10.7. The first-order chi connectivity index (χ1) is 7.31. The molecule has 0 atom stereocenters. The summed E-state index contributed by atoms with van der Waals surface area (Å²) in [5.41, 5.74) is 2.16. The molecule has 0 N–H and O–H groups in total. The Labute approximate surface area is 89.6 Å². The highest BCUT2D eigenvalue weighted by Gasteiger charge is 2.19. The molecule has 2 aliphatic rings. The summed E-state index contributed by atoms with van der Waals surface area (Å²) in [4.78, 5) is 11.4. The van der Waals surface area contributed by atoms with E-state index in [1.807, 2.05) is 30.4 Å². The summed E-state index contributed by atoms with van der Waals surface area (Å²) in [5, 5.41) is 0. The molecule has 0 aromatic heterocycles. The Morgan fingerprint density at radius 1 is 1.33 bits per heavy atom. The molecule has 0 radical (unpaired) electrons. The lowest BCUT2D eigenvalue weighted by atomic mass is 10.2. The molecule has 0 aromatic rings. The predicted octanol–water partition coefficient (Wildman–Crippen LogP) is 3.04. The van der Waals surface area contributed by atoms with Crippen LogP contribution in [0, 0.1) is 0 Å².